The molecule has 0 saturated carbocycles. The van der Waals surface area contributed by atoms with Gasteiger partial charge in [0.15, 0.2) is 6.10 Å². The fourth-order valence-corrected chi connectivity index (χ4v) is 1.65. The minimum Gasteiger partial charge on any atom is -0.479 e. The lowest BCUT2D eigenvalue weighted by atomic mass is 9.98. The summed E-state index contributed by atoms with van der Waals surface area (Å²) in [6.07, 6.45) is -1.05. The lowest BCUT2D eigenvalue weighted by Gasteiger charge is -2.09. The van der Waals surface area contributed by atoms with Crippen molar-refractivity contribution in [1.29, 1.82) is 0 Å². The molecule has 0 radical (unpaired) electrons. The van der Waals surface area contributed by atoms with Crippen LogP contribution < -0.4 is 0 Å². The van der Waals surface area contributed by atoms with E-state index in [0.717, 1.165) is 0 Å². The highest BCUT2D eigenvalue weighted by Crippen LogP contribution is 2.18. The molecule has 0 saturated heterocycles. The number of aliphatic hydroxyl groups excluding tert-OH is 1. The maximum Gasteiger partial charge on any atom is 0.337 e. The van der Waals surface area contributed by atoms with E-state index < -0.39 is 12.1 Å². The summed E-state index contributed by atoms with van der Waals surface area (Å²) in [4.78, 5) is 32.8. The molecule has 0 aromatic heterocycles. The third-order valence-corrected chi connectivity index (χ3v) is 3.01. The van der Waals surface area contributed by atoms with Crippen LogP contribution in [0.25, 0.3) is 0 Å². The van der Waals surface area contributed by atoms with Crippen molar-refractivity contribution in [1.82, 2.24) is 0 Å². The van der Waals surface area contributed by atoms with Gasteiger partial charge in [-0.2, -0.15) is 0 Å². The third kappa shape index (κ3) is 3.48. The average Bonchev–Trinajstić information content (AvgIpc) is 2.37. The summed E-state index contributed by atoms with van der Waals surface area (Å²) in [6, 6.07) is 4.15. The van der Waals surface area contributed by atoms with Gasteiger partial charge in [-0.05, 0) is 17.2 Å². The molecule has 1 aromatic carbocycles. The van der Waals surface area contributed by atoms with E-state index in [0.29, 0.717) is 11.8 Å². The summed E-state index contributed by atoms with van der Waals surface area (Å²) in [5.41, 5.74) is 0.831. The van der Waals surface area contributed by atoms with Crippen LogP contribution in [0.2, 0.25) is 0 Å². The number of aliphatic carboxylic acids is 1. The minimum atomic E-state index is -1.68. The van der Waals surface area contributed by atoms with E-state index in [1.165, 1.54) is 18.2 Å². The number of aliphatic hydroxyl groups is 1. The second-order valence-electron chi connectivity index (χ2n) is 3.67. The first-order valence-electron chi connectivity index (χ1n) is 5.06. The van der Waals surface area contributed by atoms with Gasteiger partial charge < -0.3 is 10.2 Å². The third-order valence-electron chi connectivity index (χ3n) is 2.38. The van der Waals surface area contributed by atoms with Gasteiger partial charge in [-0.25, -0.2) is 4.79 Å². The zero-order valence-corrected chi connectivity index (χ0v) is 10.9. The molecule has 96 valence electrons. The normalized spacial score (nSPS) is 11.9. The molecule has 0 spiro atoms. The van der Waals surface area contributed by atoms with Crippen LogP contribution in [0.15, 0.2) is 18.2 Å². The summed E-state index contributed by atoms with van der Waals surface area (Å²) >= 11 is 3.02. The van der Waals surface area contributed by atoms with Crippen LogP contribution in [0.1, 0.15) is 27.6 Å². The molecule has 18 heavy (non-hydrogen) atoms. The van der Waals surface area contributed by atoms with E-state index in [9.17, 15) is 19.5 Å². The number of ketones is 1. The Labute approximate surface area is 112 Å². The van der Waals surface area contributed by atoms with Crippen LogP contribution in [-0.2, 0) is 16.0 Å². The maximum atomic E-state index is 11.3. The number of benzene rings is 1. The molecule has 1 atom stereocenters. The number of hydrogen-bond acceptors (Lipinski definition) is 4. The van der Waals surface area contributed by atoms with Gasteiger partial charge in [-0.1, -0.05) is 28.1 Å². The lowest BCUT2D eigenvalue weighted by molar-refractivity contribution is -0.147. The Hall–Kier alpha value is -1.53. The number of rotatable bonds is 6. The van der Waals surface area contributed by atoms with Crippen LogP contribution in [0.4, 0.5) is 0 Å². The number of carboxylic acid groups (broad SMARTS) is 1. The first-order chi connectivity index (χ1) is 8.49. The Bertz CT molecular complexity index is 483. The Balaban J connectivity index is 3.07. The number of alkyl halides is 1. The molecule has 1 rings (SSSR count). The van der Waals surface area contributed by atoms with Gasteiger partial charge in [0.25, 0.3) is 0 Å². The molecule has 0 bridgehead atoms. The highest BCUT2D eigenvalue weighted by atomic mass is 79.9. The zero-order valence-electron chi connectivity index (χ0n) is 9.30. The van der Waals surface area contributed by atoms with Crippen molar-refractivity contribution in [2.45, 2.75) is 12.5 Å². The highest BCUT2D eigenvalue weighted by molar-refractivity contribution is 9.09. The number of carbonyl (C=O) groups is 3. The van der Waals surface area contributed by atoms with Gasteiger partial charge in [-0.3, -0.25) is 9.59 Å². The van der Waals surface area contributed by atoms with Crippen molar-refractivity contribution in [3.63, 3.8) is 0 Å². The van der Waals surface area contributed by atoms with Gasteiger partial charge in [0.1, 0.15) is 12.1 Å². The topological polar surface area (TPSA) is 91.7 Å². The Kier molecular flexibility index (Phi) is 5.18. The average molecular weight is 315 g/mol. The predicted molar refractivity (Wildman–Crippen MR) is 66.9 cm³/mol. The molecule has 5 nitrogen and oxygen atoms in total. The van der Waals surface area contributed by atoms with E-state index in [2.05, 4.69) is 15.9 Å². The Morgan fingerprint density at radius 2 is 2.06 bits per heavy atom. The molecule has 2 N–H and O–H groups in total. The number of carbonyl (C=O) groups excluding carboxylic acids is 2. The quantitative estimate of drug-likeness (QED) is 0.606. The SMILES string of the molecule is O=Cc1cc(C(O)C(=O)O)ccc1CC(=O)CBr. The van der Waals surface area contributed by atoms with Crippen molar-refractivity contribution < 1.29 is 24.6 Å². The van der Waals surface area contributed by atoms with Crippen LogP contribution in [0.3, 0.4) is 0 Å². The van der Waals surface area contributed by atoms with E-state index >= 15 is 0 Å². The maximum absolute atomic E-state index is 11.3. The van der Waals surface area contributed by atoms with Crippen LogP contribution in [0, 0.1) is 0 Å². The van der Waals surface area contributed by atoms with Crippen molar-refractivity contribution >= 4 is 34.0 Å². The van der Waals surface area contributed by atoms with Crippen molar-refractivity contribution in [3.05, 3.63) is 34.9 Å². The summed E-state index contributed by atoms with van der Waals surface area (Å²) in [7, 11) is 0. The molecule has 6 heteroatoms. The second-order valence-corrected chi connectivity index (χ2v) is 4.23. The molecule has 0 fully saturated rings. The van der Waals surface area contributed by atoms with E-state index in [4.69, 9.17) is 5.11 Å². The number of hydrogen-bond donors (Lipinski definition) is 2. The lowest BCUT2D eigenvalue weighted by Crippen LogP contribution is -2.12. The zero-order chi connectivity index (χ0) is 13.7. The van der Waals surface area contributed by atoms with Crippen LogP contribution in [-0.4, -0.2) is 33.6 Å². The highest BCUT2D eigenvalue weighted by Gasteiger charge is 2.17. The second kappa shape index (κ2) is 6.42. The van der Waals surface area contributed by atoms with E-state index in [1.54, 1.807) is 0 Å². The van der Waals surface area contributed by atoms with Crippen molar-refractivity contribution in [3.8, 4) is 0 Å². The summed E-state index contributed by atoms with van der Waals surface area (Å²) in [5, 5.41) is 18.2. The fraction of sp³-hybridized carbons (Fsp3) is 0.250. The fourth-order valence-electron chi connectivity index (χ4n) is 1.46. The van der Waals surface area contributed by atoms with Crippen LogP contribution >= 0.6 is 15.9 Å². The first-order valence-corrected chi connectivity index (χ1v) is 6.18. The molecule has 0 heterocycles. The molecule has 1 unspecified atom stereocenters. The molecule has 0 aliphatic heterocycles. The molecule has 0 aliphatic rings. The van der Waals surface area contributed by atoms with E-state index in [1.807, 2.05) is 0 Å². The summed E-state index contributed by atoms with van der Waals surface area (Å²) in [6.45, 7) is 0. The van der Waals surface area contributed by atoms with Gasteiger partial charge in [0.2, 0.25) is 0 Å². The van der Waals surface area contributed by atoms with E-state index in [-0.39, 0.29) is 28.7 Å². The molecular weight excluding hydrogens is 304 g/mol. The monoisotopic (exact) mass is 314 g/mol. The Morgan fingerprint density at radius 3 is 2.56 bits per heavy atom. The first kappa shape index (κ1) is 14.5. The standard InChI is InChI=1S/C12H11BrO5/c13-5-10(15)4-7-1-2-8(3-9(7)6-14)11(16)12(17)18/h1-3,6,11,16H,4-5H2,(H,17,18). The minimum absolute atomic E-state index is 0.0861. The van der Waals surface area contributed by atoms with Crippen LogP contribution in [0.5, 0.6) is 0 Å². The molecule has 1 aromatic rings. The number of halogens is 1. The molecule has 0 amide bonds. The molecule has 0 aliphatic carbocycles. The van der Waals surface area contributed by atoms with Gasteiger partial charge in [0, 0.05) is 12.0 Å². The van der Waals surface area contributed by atoms with Crippen molar-refractivity contribution in [2.75, 3.05) is 5.33 Å². The number of Topliss-reactive ketones (excluding diaryl/α,β-unsaturated/α-hetero) is 1. The summed E-state index contributed by atoms with van der Waals surface area (Å²) < 4.78 is 0. The van der Waals surface area contributed by atoms with Gasteiger partial charge in [-0.15, -0.1) is 0 Å². The van der Waals surface area contributed by atoms with Gasteiger partial charge >= 0.3 is 5.97 Å². The number of carboxylic acids is 1. The number of aldehydes is 1. The van der Waals surface area contributed by atoms with Crippen molar-refractivity contribution in [2.24, 2.45) is 0 Å². The van der Waals surface area contributed by atoms with Gasteiger partial charge in [0.05, 0.1) is 5.33 Å². The summed E-state index contributed by atoms with van der Waals surface area (Å²) in [5.74, 6) is -1.49. The largest absolute Gasteiger partial charge is 0.479 e. The smallest absolute Gasteiger partial charge is 0.337 e. The predicted octanol–water partition coefficient (Wildman–Crippen LogP) is 1.12. The molecular formula is C12H11BrO5. The Morgan fingerprint density at radius 1 is 1.39 bits per heavy atom.